The molecule has 1 aliphatic heterocycles. The van der Waals surface area contributed by atoms with Crippen molar-refractivity contribution in [3.05, 3.63) is 39.6 Å². The zero-order valence-electron chi connectivity index (χ0n) is 11.9. The quantitative estimate of drug-likeness (QED) is 0.756. The van der Waals surface area contributed by atoms with Gasteiger partial charge in [0.15, 0.2) is 5.69 Å². The van der Waals surface area contributed by atoms with E-state index in [-0.39, 0.29) is 18.3 Å². The van der Waals surface area contributed by atoms with Crippen LogP contribution >= 0.6 is 28.3 Å². The Morgan fingerprint density at radius 1 is 1.45 bits per heavy atom. The molecule has 8 heteroatoms. The van der Waals surface area contributed by atoms with E-state index in [2.05, 4.69) is 36.8 Å². The van der Waals surface area contributed by atoms with Crippen LogP contribution in [-0.2, 0) is 13.0 Å². The van der Waals surface area contributed by atoms with Crippen LogP contribution in [0.4, 0.5) is 5.69 Å². The van der Waals surface area contributed by atoms with Crippen molar-refractivity contribution >= 4 is 39.9 Å². The highest BCUT2D eigenvalue weighted by Gasteiger charge is 2.22. The van der Waals surface area contributed by atoms with Gasteiger partial charge in [0.05, 0.1) is 12.8 Å². The van der Waals surface area contributed by atoms with Crippen molar-refractivity contribution in [1.82, 2.24) is 15.5 Å². The molecule has 0 saturated heterocycles. The maximum Gasteiger partial charge on any atom is 0.276 e. The predicted molar refractivity (Wildman–Crippen MR) is 89.9 cm³/mol. The molecule has 1 aliphatic rings. The summed E-state index contributed by atoms with van der Waals surface area (Å²) in [4.78, 5) is 12.4. The van der Waals surface area contributed by atoms with E-state index in [4.69, 9.17) is 4.74 Å². The second kappa shape index (κ2) is 7.13. The summed E-state index contributed by atoms with van der Waals surface area (Å²) in [7, 11) is 1.59. The Morgan fingerprint density at radius 3 is 3.05 bits per heavy atom. The molecule has 3 N–H and O–H groups in total. The third kappa shape index (κ3) is 3.26. The van der Waals surface area contributed by atoms with Gasteiger partial charge in [0, 0.05) is 41.3 Å². The van der Waals surface area contributed by atoms with E-state index < -0.39 is 0 Å². The topological polar surface area (TPSA) is 79.0 Å². The Morgan fingerprint density at radius 2 is 2.27 bits per heavy atom. The van der Waals surface area contributed by atoms with Crippen LogP contribution in [0.2, 0.25) is 0 Å². The van der Waals surface area contributed by atoms with Gasteiger partial charge in [-0.2, -0.15) is 5.10 Å². The zero-order valence-corrected chi connectivity index (χ0v) is 14.3. The summed E-state index contributed by atoms with van der Waals surface area (Å²) in [5.41, 5.74) is 3.06. The molecule has 1 amide bonds. The first-order valence-electron chi connectivity index (χ1n) is 6.60. The van der Waals surface area contributed by atoms with Crippen LogP contribution in [0.5, 0.6) is 5.75 Å². The molecular weight excluding hydrogens is 372 g/mol. The number of ether oxygens (including phenoxy) is 1. The summed E-state index contributed by atoms with van der Waals surface area (Å²) in [6, 6.07) is 5.41. The van der Waals surface area contributed by atoms with E-state index in [0.717, 1.165) is 28.7 Å². The molecule has 3 rings (SSSR count). The van der Waals surface area contributed by atoms with Crippen LogP contribution in [0.15, 0.2) is 22.7 Å². The van der Waals surface area contributed by atoms with Crippen molar-refractivity contribution in [3.8, 4) is 5.75 Å². The van der Waals surface area contributed by atoms with Gasteiger partial charge in [0.25, 0.3) is 5.91 Å². The number of anilines is 1. The van der Waals surface area contributed by atoms with E-state index in [0.29, 0.717) is 23.7 Å². The van der Waals surface area contributed by atoms with Gasteiger partial charge < -0.3 is 15.4 Å². The minimum Gasteiger partial charge on any atom is -0.497 e. The van der Waals surface area contributed by atoms with Gasteiger partial charge >= 0.3 is 0 Å². The molecule has 2 heterocycles. The summed E-state index contributed by atoms with van der Waals surface area (Å²) in [5.74, 6) is 0.448. The predicted octanol–water partition coefficient (Wildman–Crippen LogP) is 2.50. The number of amides is 1. The van der Waals surface area contributed by atoms with Crippen LogP contribution in [0.25, 0.3) is 0 Å². The van der Waals surface area contributed by atoms with Crippen LogP contribution < -0.4 is 15.4 Å². The SMILES string of the molecule is COc1ccc(Br)c(NC(=O)c2n[nH]c3c2CNCC3)c1.Cl. The Hall–Kier alpha value is -1.57. The van der Waals surface area contributed by atoms with E-state index in [1.807, 2.05) is 12.1 Å². The molecule has 0 bridgehead atoms. The summed E-state index contributed by atoms with van der Waals surface area (Å²) in [5, 5.41) is 13.2. The van der Waals surface area contributed by atoms with E-state index >= 15 is 0 Å². The van der Waals surface area contributed by atoms with Crippen molar-refractivity contribution in [2.24, 2.45) is 0 Å². The maximum absolute atomic E-state index is 12.4. The lowest BCUT2D eigenvalue weighted by atomic mass is 10.1. The van der Waals surface area contributed by atoms with Gasteiger partial charge in [-0.25, -0.2) is 0 Å². The highest BCUT2D eigenvalue weighted by molar-refractivity contribution is 9.10. The molecule has 2 aromatic rings. The lowest BCUT2D eigenvalue weighted by molar-refractivity contribution is 0.102. The molecular formula is C14H16BrClN4O2. The number of halogens is 2. The molecule has 0 spiro atoms. The number of rotatable bonds is 3. The van der Waals surface area contributed by atoms with Crippen molar-refractivity contribution in [1.29, 1.82) is 0 Å². The van der Waals surface area contributed by atoms with Gasteiger partial charge in [-0.15, -0.1) is 12.4 Å². The first-order chi connectivity index (χ1) is 10.2. The van der Waals surface area contributed by atoms with Crippen molar-refractivity contribution in [2.45, 2.75) is 13.0 Å². The molecule has 0 saturated carbocycles. The number of nitrogens with zero attached hydrogens (tertiary/aromatic N) is 1. The lowest BCUT2D eigenvalue weighted by Gasteiger charge is -2.13. The first-order valence-corrected chi connectivity index (χ1v) is 7.40. The Labute approximate surface area is 142 Å². The van der Waals surface area contributed by atoms with Crippen LogP contribution in [-0.4, -0.2) is 29.8 Å². The Bertz CT molecular complexity index is 689. The smallest absolute Gasteiger partial charge is 0.276 e. The maximum atomic E-state index is 12.4. The first kappa shape index (κ1) is 16.8. The standard InChI is InChI=1S/C14H15BrN4O2.ClH/c1-21-8-2-3-10(15)12(6-8)17-14(20)13-9-7-16-5-4-11(9)18-19-13;/h2-3,6,16H,4-5,7H2,1H3,(H,17,20)(H,18,19);1H. The van der Waals surface area contributed by atoms with Gasteiger partial charge in [0.1, 0.15) is 5.75 Å². The molecule has 0 atom stereocenters. The average molecular weight is 388 g/mol. The number of H-pyrrole nitrogens is 1. The number of fused-ring (bicyclic) bond motifs is 1. The minimum absolute atomic E-state index is 0. The number of benzene rings is 1. The van der Waals surface area contributed by atoms with Crippen LogP contribution in [0.1, 0.15) is 21.7 Å². The third-order valence-electron chi connectivity index (χ3n) is 3.44. The van der Waals surface area contributed by atoms with Crippen LogP contribution in [0, 0.1) is 0 Å². The number of aromatic amines is 1. The van der Waals surface area contributed by atoms with E-state index in [9.17, 15) is 4.79 Å². The molecule has 6 nitrogen and oxygen atoms in total. The number of aromatic nitrogens is 2. The summed E-state index contributed by atoms with van der Waals surface area (Å²) in [6.07, 6.45) is 0.860. The second-order valence-electron chi connectivity index (χ2n) is 4.76. The van der Waals surface area contributed by atoms with Gasteiger partial charge in [0.2, 0.25) is 0 Å². The van der Waals surface area contributed by atoms with Crippen molar-refractivity contribution in [3.63, 3.8) is 0 Å². The van der Waals surface area contributed by atoms with E-state index in [1.165, 1.54) is 0 Å². The summed E-state index contributed by atoms with van der Waals surface area (Å²) in [6.45, 7) is 1.56. The zero-order chi connectivity index (χ0) is 14.8. The fraction of sp³-hybridized carbons (Fsp3) is 0.286. The Kier molecular flexibility index (Phi) is 5.44. The number of hydrogen-bond acceptors (Lipinski definition) is 4. The largest absolute Gasteiger partial charge is 0.497 e. The fourth-order valence-electron chi connectivity index (χ4n) is 2.32. The third-order valence-corrected chi connectivity index (χ3v) is 4.13. The number of nitrogens with one attached hydrogen (secondary N) is 3. The Balaban J connectivity index is 0.00000176. The lowest BCUT2D eigenvalue weighted by Crippen LogP contribution is -2.25. The highest BCUT2D eigenvalue weighted by Crippen LogP contribution is 2.28. The van der Waals surface area contributed by atoms with Gasteiger partial charge in [-0.1, -0.05) is 0 Å². The molecule has 1 aromatic heterocycles. The van der Waals surface area contributed by atoms with Crippen molar-refractivity contribution < 1.29 is 9.53 Å². The summed E-state index contributed by atoms with van der Waals surface area (Å²) >= 11 is 3.42. The monoisotopic (exact) mass is 386 g/mol. The highest BCUT2D eigenvalue weighted by atomic mass is 79.9. The molecule has 1 aromatic carbocycles. The number of carbonyl (C=O) groups is 1. The van der Waals surface area contributed by atoms with Gasteiger partial charge in [-0.05, 0) is 28.1 Å². The second-order valence-corrected chi connectivity index (χ2v) is 5.61. The molecule has 22 heavy (non-hydrogen) atoms. The summed E-state index contributed by atoms with van der Waals surface area (Å²) < 4.78 is 5.96. The van der Waals surface area contributed by atoms with Crippen molar-refractivity contribution in [2.75, 3.05) is 19.0 Å². The van der Waals surface area contributed by atoms with Gasteiger partial charge in [-0.3, -0.25) is 9.89 Å². The van der Waals surface area contributed by atoms with E-state index in [1.54, 1.807) is 13.2 Å². The number of methoxy groups -OCH3 is 1. The van der Waals surface area contributed by atoms with Crippen LogP contribution in [0.3, 0.4) is 0 Å². The minimum atomic E-state index is -0.231. The molecule has 118 valence electrons. The normalized spacial score (nSPS) is 13.0. The number of carbonyl (C=O) groups excluding carboxylic acids is 1. The molecule has 0 unspecified atom stereocenters. The average Bonchev–Trinajstić information content (AvgIpc) is 2.93. The molecule has 0 radical (unpaired) electrons. The number of hydrogen-bond donors (Lipinski definition) is 3. The molecule has 0 aliphatic carbocycles. The molecule has 0 fully saturated rings. The fourth-order valence-corrected chi connectivity index (χ4v) is 2.67.